The van der Waals surface area contributed by atoms with E-state index in [-0.39, 0.29) is 17.7 Å². The highest BCUT2D eigenvalue weighted by Gasteiger charge is 2.18. The molecule has 0 unspecified atom stereocenters. The summed E-state index contributed by atoms with van der Waals surface area (Å²) in [5, 5.41) is 11.3. The predicted octanol–water partition coefficient (Wildman–Crippen LogP) is 3.16. The van der Waals surface area contributed by atoms with E-state index in [9.17, 15) is 4.79 Å². The van der Waals surface area contributed by atoms with Crippen molar-refractivity contribution in [3.63, 3.8) is 0 Å². The van der Waals surface area contributed by atoms with Gasteiger partial charge in [0.2, 0.25) is 17.5 Å². The lowest BCUT2D eigenvalue weighted by atomic mass is 10.2. The Morgan fingerprint density at radius 3 is 2.26 bits per heavy atom. The number of hydrogen-bond acceptors (Lipinski definition) is 8. The maximum absolute atomic E-state index is 12.0. The first kappa shape index (κ1) is 20.9. The average molecular weight is 395 g/mol. The van der Waals surface area contributed by atoms with E-state index in [1.165, 1.54) is 33.1 Å². The normalized spacial score (nSPS) is 10.7. The van der Waals surface area contributed by atoms with Crippen LogP contribution in [0.1, 0.15) is 26.7 Å². The lowest BCUT2D eigenvalue weighted by Crippen LogP contribution is -2.34. The van der Waals surface area contributed by atoms with Gasteiger partial charge in [-0.2, -0.15) is 0 Å². The molecule has 0 aliphatic heterocycles. The second-order valence-corrected chi connectivity index (χ2v) is 6.58. The molecule has 0 spiro atoms. The average Bonchev–Trinajstić information content (AvgIpc) is 3.18. The summed E-state index contributed by atoms with van der Waals surface area (Å²) < 4.78 is 21.6. The fourth-order valence-electron chi connectivity index (χ4n) is 2.48. The van der Waals surface area contributed by atoms with Crippen molar-refractivity contribution in [2.75, 3.05) is 27.1 Å². The van der Waals surface area contributed by atoms with Crippen LogP contribution in [0.2, 0.25) is 0 Å². The second kappa shape index (κ2) is 10.1. The van der Waals surface area contributed by atoms with Gasteiger partial charge in [0.1, 0.15) is 0 Å². The zero-order valence-corrected chi connectivity index (χ0v) is 17.0. The van der Waals surface area contributed by atoms with Crippen LogP contribution < -0.4 is 19.5 Å². The molecule has 8 nitrogen and oxygen atoms in total. The SMILES string of the molecule is CCC(CC)NC(=O)CSc1nnc(-c2cc(OC)c(OC)c(OC)c2)o1. The molecule has 0 atom stereocenters. The molecule has 1 aromatic carbocycles. The highest BCUT2D eigenvalue weighted by atomic mass is 32.2. The van der Waals surface area contributed by atoms with Crippen molar-refractivity contribution >= 4 is 17.7 Å². The molecular weight excluding hydrogens is 370 g/mol. The lowest BCUT2D eigenvalue weighted by Gasteiger charge is -2.13. The van der Waals surface area contributed by atoms with Crippen LogP contribution in [-0.4, -0.2) is 49.2 Å². The van der Waals surface area contributed by atoms with Gasteiger partial charge < -0.3 is 23.9 Å². The van der Waals surface area contributed by atoms with E-state index in [4.69, 9.17) is 18.6 Å². The Kier molecular flexibility index (Phi) is 7.78. The Balaban J connectivity index is 2.10. The fourth-order valence-corrected chi connectivity index (χ4v) is 3.05. The van der Waals surface area contributed by atoms with Crippen molar-refractivity contribution in [3.8, 4) is 28.7 Å². The van der Waals surface area contributed by atoms with Crippen LogP contribution in [-0.2, 0) is 4.79 Å². The number of benzene rings is 1. The van der Waals surface area contributed by atoms with Gasteiger partial charge in [0.15, 0.2) is 11.5 Å². The number of amides is 1. The molecule has 0 aliphatic carbocycles. The first-order valence-corrected chi connectivity index (χ1v) is 9.60. The number of hydrogen-bond donors (Lipinski definition) is 1. The van der Waals surface area contributed by atoms with Gasteiger partial charge in [-0.05, 0) is 25.0 Å². The molecule has 1 amide bonds. The number of nitrogens with one attached hydrogen (secondary N) is 1. The first-order chi connectivity index (χ1) is 13.1. The Morgan fingerprint density at radius 2 is 1.74 bits per heavy atom. The molecule has 0 saturated carbocycles. The summed E-state index contributed by atoms with van der Waals surface area (Å²) in [4.78, 5) is 12.0. The van der Waals surface area contributed by atoms with Crippen LogP contribution in [0.5, 0.6) is 17.2 Å². The zero-order chi connectivity index (χ0) is 19.8. The third-order valence-corrected chi connectivity index (χ3v) is 4.81. The molecule has 0 radical (unpaired) electrons. The zero-order valence-electron chi connectivity index (χ0n) is 16.2. The van der Waals surface area contributed by atoms with E-state index in [1.54, 1.807) is 12.1 Å². The Morgan fingerprint density at radius 1 is 1.11 bits per heavy atom. The fraction of sp³-hybridized carbons (Fsp3) is 0.500. The molecule has 0 fully saturated rings. The maximum Gasteiger partial charge on any atom is 0.277 e. The summed E-state index contributed by atoms with van der Waals surface area (Å²) in [5.74, 6) is 1.93. The van der Waals surface area contributed by atoms with Gasteiger partial charge in [-0.25, -0.2) is 0 Å². The van der Waals surface area contributed by atoms with Crippen molar-refractivity contribution in [1.82, 2.24) is 15.5 Å². The Labute approximate surface area is 163 Å². The molecule has 0 saturated heterocycles. The van der Waals surface area contributed by atoms with Crippen LogP contribution in [0.15, 0.2) is 21.8 Å². The van der Waals surface area contributed by atoms with E-state index in [2.05, 4.69) is 15.5 Å². The minimum Gasteiger partial charge on any atom is -0.493 e. The van der Waals surface area contributed by atoms with E-state index >= 15 is 0 Å². The van der Waals surface area contributed by atoms with Crippen LogP contribution >= 0.6 is 11.8 Å². The van der Waals surface area contributed by atoms with E-state index in [0.29, 0.717) is 33.9 Å². The summed E-state index contributed by atoms with van der Waals surface area (Å²) in [5.41, 5.74) is 0.630. The number of rotatable bonds is 10. The molecule has 0 bridgehead atoms. The summed E-state index contributed by atoms with van der Waals surface area (Å²) in [6, 6.07) is 3.64. The minimum absolute atomic E-state index is 0.0544. The number of thioether (sulfide) groups is 1. The molecule has 27 heavy (non-hydrogen) atoms. The van der Waals surface area contributed by atoms with Gasteiger partial charge in [-0.1, -0.05) is 25.6 Å². The van der Waals surface area contributed by atoms with Crippen molar-refractivity contribution in [2.45, 2.75) is 38.0 Å². The van der Waals surface area contributed by atoms with Crippen molar-refractivity contribution in [3.05, 3.63) is 12.1 Å². The third kappa shape index (κ3) is 5.29. The van der Waals surface area contributed by atoms with Gasteiger partial charge >= 0.3 is 0 Å². The van der Waals surface area contributed by atoms with Gasteiger partial charge in [0.05, 0.1) is 27.1 Å². The summed E-state index contributed by atoms with van der Waals surface area (Å²) >= 11 is 1.20. The monoisotopic (exact) mass is 395 g/mol. The second-order valence-electron chi connectivity index (χ2n) is 5.66. The van der Waals surface area contributed by atoms with Crippen molar-refractivity contribution < 1.29 is 23.4 Å². The Hall–Kier alpha value is -2.42. The lowest BCUT2D eigenvalue weighted by molar-refractivity contribution is -0.119. The van der Waals surface area contributed by atoms with Crippen LogP contribution in [0.3, 0.4) is 0 Å². The first-order valence-electron chi connectivity index (χ1n) is 8.62. The molecule has 0 aliphatic rings. The maximum atomic E-state index is 12.0. The molecule has 2 rings (SSSR count). The minimum atomic E-state index is -0.0544. The topological polar surface area (TPSA) is 95.7 Å². The van der Waals surface area contributed by atoms with Gasteiger partial charge in [0, 0.05) is 11.6 Å². The Bertz CT molecular complexity index is 736. The van der Waals surface area contributed by atoms with E-state index in [0.717, 1.165) is 12.8 Å². The summed E-state index contributed by atoms with van der Waals surface area (Å²) in [6.07, 6.45) is 1.80. The molecule has 148 valence electrons. The largest absolute Gasteiger partial charge is 0.493 e. The van der Waals surface area contributed by atoms with Crippen LogP contribution in [0.25, 0.3) is 11.5 Å². The van der Waals surface area contributed by atoms with Gasteiger partial charge in [0.25, 0.3) is 5.22 Å². The van der Waals surface area contributed by atoms with Crippen LogP contribution in [0, 0.1) is 0 Å². The summed E-state index contributed by atoms with van der Waals surface area (Å²) in [6.45, 7) is 4.09. The number of ether oxygens (including phenoxy) is 3. The van der Waals surface area contributed by atoms with Crippen LogP contribution in [0.4, 0.5) is 0 Å². The van der Waals surface area contributed by atoms with E-state index < -0.39 is 0 Å². The van der Waals surface area contributed by atoms with Gasteiger partial charge in [-0.15, -0.1) is 10.2 Å². The number of methoxy groups -OCH3 is 3. The molecule has 2 aromatic rings. The number of carbonyl (C=O) groups excluding carboxylic acids is 1. The van der Waals surface area contributed by atoms with Crippen molar-refractivity contribution in [1.29, 1.82) is 0 Å². The quantitative estimate of drug-likeness (QED) is 0.613. The highest BCUT2D eigenvalue weighted by molar-refractivity contribution is 7.99. The van der Waals surface area contributed by atoms with Gasteiger partial charge in [-0.3, -0.25) is 4.79 Å². The molecule has 1 heterocycles. The predicted molar refractivity (Wildman–Crippen MR) is 103 cm³/mol. The number of aromatic nitrogens is 2. The molecule has 9 heteroatoms. The molecule has 1 aromatic heterocycles. The molecular formula is C18H25N3O5S. The highest BCUT2D eigenvalue weighted by Crippen LogP contribution is 2.41. The standard InChI is InChI=1S/C18H25N3O5S/c1-6-12(7-2)19-15(22)10-27-18-21-20-17(26-18)11-8-13(23-3)16(25-5)14(9-11)24-4/h8-9,12H,6-7,10H2,1-5H3,(H,19,22). The van der Waals surface area contributed by atoms with Crippen molar-refractivity contribution in [2.24, 2.45) is 0 Å². The smallest absolute Gasteiger partial charge is 0.277 e. The summed E-state index contributed by atoms with van der Waals surface area (Å²) in [7, 11) is 4.61. The number of nitrogens with zero attached hydrogens (tertiary/aromatic N) is 2. The molecule has 1 N–H and O–H groups in total. The number of carbonyl (C=O) groups is 1. The third-order valence-electron chi connectivity index (χ3n) is 4.00. The van der Waals surface area contributed by atoms with E-state index in [1.807, 2.05) is 13.8 Å².